The molecule has 0 amide bonds. The molecule has 0 saturated heterocycles. The van der Waals surface area contributed by atoms with E-state index in [-0.39, 0.29) is 10.2 Å². The van der Waals surface area contributed by atoms with Crippen molar-refractivity contribution in [1.82, 2.24) is 14.1 Å². The van der Waals surface area contributed by atoms with Crippen molar-refractivity contribution < 1.29 is 18.6 Å². The minimum Gasteiger partial charge on any atom is -0.395 e. The first-order chi connectivity index (χ1) is 8.49. The van der Waals surface area contributed by atoms with E-state index >= 15 is 0 Å². The molecule has 2 aromatic heterocycles. The summed E-state index contributed by atoms with van der Waals surface area (Å²) in [5.74, 6) is 0. The summed E-state index contributed by atoms with van der Waals surface area (Å²) in [6, 6.07) is -0.977. The maximum absolute atomic E-state index is 12.1. The molecule has 0 fully saturated rings. The molecule has 0 radical (unpaired) electrons. The van der Waals surface area contributed by atoms with Crippen LogP contribution in [0.25, 0.3) is 4.96 Å². The molecule has 0 aliphatic carbocycles. The van der Waals surface area contributed by atoms with Crippen molar-refractivity contribution in [3.05, 3.63) is 16.7 Å². The lowest BCUT2D eigenvalue weighted by atomic mass is 10.4. The van der Waals surface area contributed by atoms with E-state index in [9.17, 15) is 8.42 Å². The number of sulfonamides is 1. The van der Waals surface area contributed by atoms with Gasteiger partial charge in [0.25, 0.3) is 10.0 Å². The Bertz CT molecular complexity index is 646. The molecule has 100 valence electrons. The number of thiazole rings is 1. The zero-order valence-corrected chi connectivity index (χ0v) is 11.3. The van der Waals surface area contributed by atoms with E-state index in [1.807, 2.05) is 0 Å². The van der Waals surface area contributed by atoms with Gasteiger partial charge in [-0.05, 0) is 0 Å². The molecule has 0 bridgehead atoms. The van der Waals surface area contributed by atoms with Crippen molar-refractivity contribution in [2.45, 2.75) is 11.1 Å². The summed E-state index contributed by atoms with van der Waals surface area (Å²) in [5, 5.41) is 19.1. The molecule has 0 atom stereocenters. The van der Waals surface area contributed by atoms with Crippen LogP contribution in [0.4, 0.5) is 0 Å². The topological polar surface area (TPSA) is 104 Å². The van der Waals surface area contributed by atoms with Crippen molar-refractivity contribution in [3.8, 4) is 0 Å². The number of aliphatic hydroxyl groups excluding tert-OH is 2. The molecule has 0 aliphatic heterocycles. The molecule has 2 aromatic rings. The average molecular weight is 312 g/mol. The van der Waals surface area contributed by atoms with Crippen LogP contribution in [0.15, 0.2) is 16.6 Å². The van der Waals surface area contributed by atoms with E-state index in [1.165, 1.54) is 21.9 Å². The lowest BCUT2D eigenvalue weighted by molar-refractivity contribution is 0.185. The van der Waals surface area contributed by atoms with E-state index in [4.69, 9.17) is 21.8 Å². The van der Waals surface area contributed by atoms with Crippen LogP contribution in [0.1, 0.15) is 0 Å². The van der Waals surface area contributed by atoms with Gasteiger partial charge in [-0.15, -0.1) is 11.3 Å². The van der Waals surface area contributed by atoms with Gasteiger partial charge in [0.05, 0.1) is 19.3 Å². The molecule has 10 heteroatoms. The quantitative estimate of drug-likeness (QED) is 0.702. The van der Waals surface area contributed by atoms with Gasteiger partial charge in [0.15, 0.2) is 15.1 Å². The van der Waals surface area contributed by atoms with E-state index in [1.54, 1.807) is 5.38 Å². The highest BCUT2D eigenvalue weighted by Gasteiger charge is 2.27. The third kappa shape index (κ3) is 2.37. The van der Waals surface area contributed by atoms with Crippen molar-refractivity contribution in [2.24, 2.45) is 0 Å². The van der Waals surface area contributed by atoms with Crippen LogP contribution in [0, 0.1) is 0 Å². The number of nitrogens with one attached hydrogen (secondary N) is 1. The van der Waals surface area contributed by atoms with Crippen LogP contribution in [-0.4, -0.2) is 47.3 Å². The monoisotopic (exact) mass is 311 g/mol. The van der Waals surface area contributed by atoms with Gasteiger partial charge >= 0.3 is 0 Å². The Balaban J connectivity index is 2.46. The number of hydrogen-bond acceptors (Lipinski definition) is 6. The van der Waals surface area contributed by atoms with Gasteiger partial charge in [-0.1, -0.05) is 11.6 Å². The van der Waals surface area contributed by atoms with Gasteiger partial charge < -0.3 is 10.2 Å². The third-order valence-corrected chi connectivity index (χ3v) is 4.87. The Morgan fingerprint density at radius 2 is 2.17 bits per heavy atom. The summed E-state index contributed by atoms with van der Waals surface area (Å²) in [5.41, 5.74) is 0. The van der Waals surface area contributed by atoms with E-state index in [0.29, 0.717) is 4.96 Å². The third-order valence-electron chi connectivity index (χ3n) is 2.20. The zero-order valence-electron chi connectivity index (χ0n) is 8.95. The second kappa shape index (κ2) is 5.11. The molecule has 7 nitrogen and oxygen atoms in total. The second-order valence-corrected chi connectivity index (χ2v) is 6.31. The summed E-state index contributed by atoms with van der Waals surface area (Å²) in [6.45, 7) is -1.03. The number of imidazole rings is 1. The largest absolute Gasteiger partial charge is 0.395 e. The van der Waals surface area contributed by atoms with Gasteiger partial charge in [0.1, 0.15) is 0 Å². The maximum atomic E-state index is 12.1. The van der Waals surface area contributed by atoms with Crippen LogP contribution in [0.2, 0.25) is 5.15 Å². The molecule has 0 aromatic carbocycles. The molecule has 18 heavy (non-hydrogen) atoms. The summed E-state index contributed by atoms with van der Waals surface area (Å²) >= 11 is 7.04. The molecular formula is C8H10ClN3O4S2. The number of halogens is 1. The summed E-state index contributed by atoms with van der Waals surface area (Å²) in [7, 11) is -3.96. The lowest BCUT2D eigenvalue weighted by Gasteiger charge is -2.13. The van der Waals surface area contributed by atoms with Gasteiger partial charge in [0, 0.05) is 11.6 Å². The van der Waals surface area contributed by atoms with Crippen LogP contribution in [-0.2, 0) is 10.0 Å². The van der Waals surface area contributed by atoms with Crippen LogP contribution in [0.5, 0.6) is 0 Å². The highest BCUT2D eigenvalue weighted by Crippen LogP contribution is 2.25. The SMILES string of the molecule is O=S(=O)(NC(CO)CO)c1c(Cl)nc2sccn12. The van der Waals surface area contributed by atoms with Crippen molar-refractivity contribution in [1.29, 1.82) is 0 Å². The van der Waals surface area contributed by atoms with Crippen molar-refractivity contribution in [2.75, 3.05) is 13.2 Å². The van der Waals surface area contributed by atoms with E-state index < -0.39 is 29.3 Å². The van der Waals surface area contributed by atoms with Gasteiger partial charge in [-0.25, -0.2) is 18.1 Å². The minimum absolute atomic E-state index is 0.149. The first kappa shape index (κ1) is 13.7. The normalized spacial score (nSPS) is 12.7. The minimum atomic E-state index is -3.96. The van der Waals surface area contributed by atoms with Crippen LogP contribution < -0.4 is 4.72 Å². The van der Waals surface area contributed by atoms with Crippen LogP contribution >= 0.6 is 22.9 Å². The van der Waals surface area contributed by atoms with Gasteiger partial charge in [-0.3, -0.25) is 4.40 Å². The van der Waals surface area contributed by atoms with Crippen LogP contribution in [0.3, 0.4) is 0 Å². The molecular weight excluding hydrogens is 302 g/mol. The first-order valence-electron chi connectivity index (χ1n) is 4.84. The molecule has 3 N–H and O–H groups in total. The number of fused-ring (bicyclic) bond motifs is 1. The standard InChI is InChI=1S/C8H10ClN3O4S2/c9-6-7(12-1-2-17-8(12)10-6)18(15,16)11-5(3-13)4-14/h1-2,5,11,13-14H,3-4H2. The number of aromatic nitrogens is 2. The average Bonchev–Trinajstić information content (AvgIpc) is 2.84. The molecule has 0 unspecified atom stereocenters. The highest BCUT2D eigenvalue weighted by molar-refractivity contribution is 7.89. The summed E-state index contributed by atoms with van der Waals surface area (Å²) in [6.07, 6.45) is 1.53. The Hall–Kier alpha value is -0.710. The van der Waals surface area contributed by atoms with Gasteiger partial charge in [-0.2, -0.15) is 0 Å². The second-order valence-electron chi connectivity index (χ2n) is 3.45. The smallest absolute Gasteiger partial charge is 0.260 e. The molecule has 0 spiro atoms. The fourth-order valence-electron chi connectivity index (χ4n) is 1.39. The predicted molar refractivity (Wildman–Crippen MR) is 66.4 cm³/mol. The number of rotatable bonds is 5. The molecule has 0 saturated carbocycles. The Morgan fingerprint density at radius 3 is 2.78 bits per heavy atom. The van der Waals surface area contributed by atoms with Crippen molar-refractivity contribution >= 4 is 37.9 Å². The number of hydrogen-bond donors (Lipinski definition) is 3. The Morgan fingerprint density at radius 1 is 1.50 bits per heavy atom. The zero-order chi connectivity index (χ0) is 13.3. The molecule has 0 aliphatic rings. The maximum Gasteiger partial charge on any atom is 0.260 e. The molecule has 2 heterocycles. The fraction of sp³-hybridized carbons (Fsp3) is 0.375. The first-order valence-corrected chi connectivity index (χ1v) is 7.58. The van der Waals surface area contributed by atoms with E-state index in [0.717, 1.165) is 0 Å². The molecule has 2 rings (SSSR count). The van der Waals surface area contributed by atoms with E-state index in [2.05, 4.69) is 9.71 Å². The van der Waals surface area contributed by atoms with Gasteiger partial charge in [0.2, 0.25) is 0 Å². The number of aliphatic hydroxyl groups is 2. The Kier molecular flexibility index (Phi) is 3.90. The Labute approximate surface area is 112 Å². The lowest BCUT2D eigenvalue weighted by Crippen LogP contribution is -2.40. The number of nitrogens with zero attached hydrogens (tertiary/aromatic N) is 2. The fourth-order valence-corrected chi connectivity index (χ4v) is 4.06. The summed E-state index contributed by atoms with van der Waals surface area (Å²) in [4.78, 5) is 4.35. The highest BCUT2D eigenvalue weighted by atomic mass is 35.5. The van der Waals surface area contributed by atoms with Crippen molar-refractivity contribution in [3.63, 3.8) is 0 Å². The summed E-state index contributed by atoms with van der Waals surface area (Å²) < 4.78 is 27.6. The predicted octanol–water partition coefficient (Wildman–Crippen LogP) is -0.319.